The van der Waals surface area contributed by atoms with E-state index in [9.17, 15) is 4.79 Å². The van der Waals surface area contributed by atoms with Gasteiger partial charge in [0.05, 0.1) is 18.1 Å². The number of benzene rings is 1. The minimum Gasteiger partial charge on any atom is -0.295 e. The van der Waals surface area contributed by atoms with Crippen molar-refractivity contribution in [2.24, 2.45) is 0 Å². The van der Waals surface area contributed by atoms with Gasteiger partial charge in [0.1, 0.15) is 0 Å². The molecule has 14 heavy (non-hydrogen) atoms. The predicted octanol–water partition coefficient (Wildman–Crippen LogP) is 1.47. The van der Waals surface area contributed by atoms with E-state index in [2.05, 4.69) is 10.3 Å². The highest BCUT2D eigenvalue weighted by Crippen LogP contribution is 2.09. The lowest BCUT2D eigenvalue weighted by Crippen LogP contribution is -1.98. The van der Waals surface area contributed by atoms with Gasteiger partial charge in [0.15, 0.2) is 5.78 Å². The van der Waals surface area contributed by atoms with Gasteiger partial charge in [-0.25, -0.2) is 4.68 Å². The number of rotatable bonds is 2. The summed E-state index contributed by atoms with van der Waals surface area (Å²) in [4.78, 5) is 11.1. The maximum absolute atomic E-state index is 11.1. The molecule has 0 amide bonds. The molecule has 0 aliphatic rings. The molecule has 2 aromatic rings. The van der Waals surface area contributed by atoms with Crippen LogP contribution in [0.2, 0.25) is 0 Å². The number of carbonyl (C=O) groups is 1. The van der Waals surface area contributed by atoms with Gasteiger partial charge in [-0.05, 0) is 19.1 Å². The molecule has 4 heteroatoms. The monoisotopic (exact) mass is 187 g/mol. The van der Waals surface area contributed by atoms with E-state index in [4.69, 9.17) is 0 Å². The Morgan fingerprint density at radius 2 is 2.29 bits per heavy atom. The van der Waals surface area contributed by atoms with Crippen molar-refractivity contribution in [1.82, 2.24) is 15.0 Å². The van der Waals surface area contributed by atoms with Crippen LogP contribution in [0.1, 0.15) is 17.3 Å². The van der Waals surface area contributed by atoms with Crippen molar-refractivity contribution in [2.75, 3.05) is 0 Å². The van der Waals surface area contributed by atoms with Crippen LogP contribution in [0.15, 0.2) is 36.7 Å². The number of aromatic nitrogens is 3. The average Bonchev–Trinajstić information content (AvgIpc) is 2.71. The zero-order chi connectivity index (χ0) is 9.97. The second kappa shape index (κ2) is 3.41. The van der Waals surface area contributed by atoms with Crippen LogP contribution in [0.5, 0.6) is 0 Å². The van der Waals surface area contributed by atoms with E-state index in [-0.39, 0.29) is 5.78 Å². The third-order valence-corrected chi connectivity index (χ3v) is 1.94. The van der Waals surface area contributed by atoms with Gasteiger partial charge < -0.3 is 0 Å². The summed E-state index contributed by atoms with van der Waals surface area (Å²) in [6.07, 6.45) is 3.33. The quantitative estimate of drug-likeness (QED) is 0.669. The van der Waals surface area contributed by atoms with Crippen LogP contribution in [0.4, 0.5) is 0 Å². The normalized spacial score (nSPS) is 10.1. The lowest BCUT2D eigenvalue weighted by Gasteiger charge is -2.01. The lowest BCUT2D eigenvalue weighted by molar-refractivity contribution is 0.101. The SMILES string of the molecule is CC(=O)c1cccc(-n2ccnn2)c1. The van der Waals surface area contributed by atoms with Crippen molar-refractivity contribution >= 4 is 5.78 Å². The molecule has 4 nitrogen and oxygen atoms in total. The third kappa shape index (κ3) is 1.54. The fourth-order valence-corrected chi connectivity index (χ4v) is 1.21. The first-order valence-electron chi connectivity index (χ1n) is 4.25. The molecule has 0 saturated heterocycles. The van der Waals surface area contributed by atoms with Crippen LogP contribution in [0.3, 0.4) is 0 Å². The summed E-state index contributed by atoms with van der Waals surface area (Å²) in [6, 6.07) is 7.27. The first-order chi connectivity index (χ1) is 6.77. The summed E-state index contributed by atoms with van der Waals surface area (Å²) in [6.45, 7) is 1.54. The van der Waals surface area contributed by atoms with E-state index >= 15 is 0 Å². The fraction of sp³-hybridized carbons (Fsp3) is 0.100. The Morgan fingerprint density at radius 3 is 2.93 bits per heavy atom. The topological polar surface area (TPSA) is 47.8 Å². The molecule has 0 bridgehead atoms. The standard InChI is InChI=1S/C10H9N3O/c1-8(14)9-3-2-4-10(7-9)13-6-5-11-12-13/h2-7H,1H3. The molecular weight excluding hydrogens is 178 g/mol. The number of nitrogens with zero attached hydrogens (tertiary/aromatic N) is 3. The molecule has 0 saturated carbocycles. The van der Waals surface area contributed by atoms with Gasteiger partial charge in [-0.1, -0.05) is 17.3 Å². The van der Waals surface area contributed by atoms with Gasteiger partial charge in [-0.2, -0.15) is 0 Å². The Balaban J connectivity index is 2.46. The Hall–Kier alpha value is -1.97. The Labute approximate surface area is 81.2 Å². The van der Waals surface area contributed by atoms with E-state index in [0.29, 0.717) is 5.56 Å². The largest absolute Gasteiger partial charge is 0.295 e. The van der Waals surface area contributed by atoms with Crippen LogP contribution in [0.25, 0.3) is 5.69 Å². The molecule has 0 atom stereocenters. The smallest absolute Gasteiger partial charge is 0.159 e. The molecule has 1 heterocycles. The first-order valence-corrected chi connectivity index (χ1v) is 4.25. The summed E-state index contributed by atoms with van der Waals surface area (Å²) >= 11 is 0. The van der Waals surface area contributed by atoms with Gasteiger partial charge in [0.2, 0.25) is 0 Å². The van der Waals surface area contributed by atoms with Crippen LogP contribution >= 0.6 is 0 Å². The molecule has 0 spiro atoms. The molecule has 0 N–H and O–H groups in total. The van der Waals surface area contributed by atoms with E-state index in [1.807, 2.05) is 12.1 Å². The highest BCUT2D eigenvalue weighted by atomic mass is 16.1. The maximum Gasteiger partial charge on any atom is 0.159 e. The Bertz CT molecular complexity index is 448. The van der Waals surface area contributed by atoms with Crippen LogP contribution in [0, 0.1) is 0 Å². The minimum atomic E-state index is 0.0481. The minimum absolute atomic E-state index is 0.0481. The highest BCUT2D eigenvalue weighted by molar-refractivity contribution is 5.94. The zero-order valence-electron chi connectivity index (χ0n) is 7.71. The second-order valence-corrected chi connectivity index (χ2v) is 2.95. The molecule has 1 aromatic carbocycles. The summed E-state index contributed by atoms with van der Waals surface area (Å²) in [5.74, 6) is 0.0481. The maximum atomic E-state index is 11.1. The van der Waals surface area contributed by atoms with Gasteiger partial charge in [0.25, 0.3) is 0 Å². The molecule has 0 aliphatic carbocycles. The van der Waals surface area contributed by atoms with Crippen LogP contribution in [-0.2, 0) is 0 Å². The molecule has 0 fully saturated rings. The van der Waals surface area contributed by atoms with E-state index in [0.717, 1.165) is 5.69 Å². The fourth-order valence-electron chi connectivity index (χ4n) is 1.21. The van der Waals surface area contributed by atoms with Crippen molar-refractivity contribution in [3.05, 3.63) is 42.2 Å². The van der Waals surface area contributed by atoms with Gasteiger partial charge in [0, 0.05) is 5.56 Å². The summed E-state index contributed by atoms with van der Waals surface area (Å²) in [5, 5.41) is 7.54. The van der Waals surface area contributed by atoms with Crippen molar-refractivity contribution in [3.63, 3.8) is 0 Å². The molecule has 0 unspecified atom stereocenters. The van der Waals surface area contributed by atoms with E-state index in [1.54, 1.807) is 36.1 Å². The van der Waals surface area contributed by atoms with Crippen molar-refractivity contribution in [2.45, 2.75) is 6.92 Å². The van der Waals surface area contributed by atoms with Crippen molar-refractivity contribution < 1.29 is 4.79 Å². The third-order valence-electron chi connectivity index (χ3n) is 1.94. The van der Waals surface area contributed by atoms with Gasteiger partial charge >= 0.3 is 0 Å². The molecule has 2 rings (SSSR count). The van der Waals surface area contributed by atoms with Crippen molar-refractivity contribution in [1.29, 1.82) is 0 Å². The predicted molar refractivity (Wildman–Crippen MR) is 51.4 cm³/mol. The summed E-state index contributed by atoms with van der Waals surface area (Å²) < 4.78 is 1.62. The van der Waals surface area contributed by atoms with Gasteiger partial charge in [-0.15, -0.1) is 5.10 Å². The first kappa shape index (κ1) is 8.62. The molecule has 1 aromatic heterocycles. The molecular formula is C10H9N3O. The number of hydrogen-bond donors (Lipinski definition) is 0. The number of ketones is 1. The zero-order valence-corrected chi connectivity index (χ0v) is 7.71. The number of carbonyl (C=O) groups excluding carboxylic acids is 1. The summed E-state index contributed by atoms with van der Waals surface area (Å²) in [5.41, 5.74) is 1.52. The van der Waals surface area contributed by atoms with Crippen molar-refractivity contribution in [3.8, 4) is 5.69 Å². The second-order valence-electron chi connectivity index (χ2n) is 2.95. The average molecular weight is 187 g/mol. The number of hydrogen-bond acceptors (Lipinski definition) is 3. The summed E-state index contributed by atoms with van der Waals surface area (Å²) in [7, 11) is 0. The highest BCUT2D eigenvalue weighted by Gasteiger charge is 2.01. The van der Waals surface area contributed by atoms with Crippen LogP contribution < -0.4 is 0 Å². The molecule has 70 valence electrons. The van der Waals surface area contributed by atoms with E-state index in [1.165, 1.54) is 0 Å². The lowest BCUT2D eigenvalue weighted by atomic mass is 10.1. The molecule has 0 aliphatic heterocycles. The number of Topliss-reactive ketones (excluding diaryl/α,β-unsaturated/α-hetero) is 1. The Kier molecular flexibility index (Phi) is 2.10. The Morgan fingerprint density at radius 1 is 1.43 bits per heavy atom. The van der Waals surface area contributed by atoms with E-state index < -0.39 is 0 Å². The van der Waals surface area contributed by atoms with Gasteiger partial charge in [-0.3, -0.25) is 4.79 Å². The molecule has 0 radical (unpaired) electrons. The van der Waals surface area contributed by atoms with Crippen LogP contribution in [-0.4, -0.2) is 20.8 Å².